The van der Waals surface area contributed by atoms with E-state index < -0.39 is 12.5 Å². The Morgan fingerprint density at radius 3 is 2.55 bits per heavy atom. The Kier molecular flexibility index (Phi) is 5.64. The van der Waals surface area contributed by atoms with Crippen LogP contribution in [0, 0.1) is 0 Å². The molecule has 1 amide bonds. The summed E-state index contributed by atoms with van der Waals surface area (Å²) in [6.45, 7) is 3.56. The molecule has 1 fully saturated rings. The third-order valence-electron chi connectivity index (χ3n) is 4.95. The smallest absolute Gasteiger partial charge is 0.425 e. The second-order valence-electron chi connectivity index (χ2n) is 7.17. The van der Waals surface area contributed by atoms with Gasteiger partial charge in [0.25, 0.3) is 5.95 Å². The Morgan fingerprint density at radius 2 is 1.84 bits per heavy atom. The first kappa shape index (κ1) is 20.9. The van der Waals surface area contributed by atoms with E-state index in [9.17, 15) is 18.0 Å². The maximum absolute atomic E-state index is 12.4. The molecular weight excluding hydrogens is 415 g/mol. The van der Waals surface area contributed by atoms with Crippen LogP contribution in [0.3, 0.4) is 0 Å². The third-order valence-corrected chi connectivity index (χ3v) is 4.95. The van der Waals surface area contributed by atoms with Gasteiger partial charge in [0.1, 0.15) is 11.3 Å². The van der Waals surface area contributed by atoms with Crippen LogP contribution in [0.5, 0.6) is 11.7 Å². The van der Waals surface area contributed by atoms with E-state index >= 15 is 0 Å². The molecule has 0 radical (unpaired) electrons. The lowest BCUT2D eigenvalue weighted by Crippen LogP contribution is -2.45. The van der Waals surface area contributed by atoms with Gasteiger partial charge in [-0.3, -0.25) is 4.90 Å². The predicted octanol–water partition coefficient (Wildman–Crippen LogP) is 4.11. The third kappa shape index (κ3) is 5.40. The zero-order valence-corrected chi connectivity index (χ0v) is 16.4. The van der Waals surface area contributed by atoms with Crippen LogP contribution < -0.4 is 20.1 Å². The average Bonchev–Trinajstić information content (AvgIpc) is 3.08. The maximum Gasteiger partial charge on any atom is 0.573 e. The van der Waals surface area contributed by atoms with E-state index in [0.717, 1.165) is 42.8 Å². The number of furan rings is 1. The average molecular weight is 435 g/mol. The standard InChI is InChI=1S/C21H20F3N3O4/c22-21(23,24)31-17-3-1-2-14(10-17)13-26-6-8-27(9-7-26)16-4-5-18-15(11-16)12-19(29-18)30-20(25)28/h1-5,10-12H,6-9,13H2,(H2,25,28). The lowest BCUT2D eigenvalue weighted by molar-refractivity contribution is -0.274. The van der Waals surface area contributed by atoms with Crippen LogP contribution in [0.4, 0.5) is 23.7 Å². The summed E-state index contributed by atoms with van der Waals surface area (Å²) in [7, 11) is 0. The number of alkyl halides is 3. The summed E-state index contributed by atoms with van der Waals surface area (Å²) in [5.74, 6) is -0.169. The second-order valence-corrected chi connectivity index (χ2v) is 7.17. The molecule has 1 aliphatic rings. The van der Waals surface area contributed by atoms with Crippen LogP contribution >= 0.6 is 0 Å². The van der Waals surface area contributed by atoms with Gasteiger partial charge in [-0.1, -0.05) is 12.1 Å². The molecule has 10 heteroatoms. The predicted molar refractivity (Wildman–Crippen MR) is 107 cm³/mol. The van der Waals surface area contributed by atoms with E-state index in [1.54, 1.807) is 24.3 Å². The molecule has 7 nitrogen and oxygen atoms in total. The Hall–Kier alpha value is -3.40. The van der Waals surface area contributed by atoms with E-state index in [0.29, 0.717) is 12.1 Å². The molecule has 0 saturated carbocycles. The number of halogens is 3. The van der Waals surface area contributed by atoms with Gasteiger partial charge in [-0.15, -0.1) is 13.2 Å². The number of nitrogens with two attached hydrogens (primary N) is 1. The molecule has 1 saturated heterocycles. The lowest BCUT2D eigenvalue weighted by atomic mass is 10.1. The van der Waals surface area contributed by atoms with Crippen molar-refractivity contribution in [3.8, 4) is 11.7 Å². The van der Waals surface area contributed by atoms with Crippen molar-refractivity contribution in [1.82, 2.24) is 4.90 Å². The van der Waals surface area contributed by atoms with Gasteiger partial charge in [-0.05, 0) is 35.9 Å². The van der Waals surface area contributed by atoms with Crippen molar-refractivity contribution in [2.75, 3.05) is 31.1 Å². The first-order valence-corrected chi connectivity index (χ1v) is 9.58. The van der Waals surface area contributed by atoms with E-state index in [1.165, 1.54) is 12.1 Å². The topological polar surface area (TPSA) is 81.2 Å². The fourth-order valence-electron chi connectivity index (χ4n) is 3.62. The number of fused-ring (bicyclic) bond motifs is 1. The number of hydrogen-bond donors (Lipinski definition) is 1. The summed E-state index contributed by atoms with van der Waals surface area (Å²) in [6, 6.07) is 13.3. The summed E-state index contributed by atoms with van der Waals surface area (Å²) >= 11 is 0. The number of benzene rings is 2. The highest BCUT2D eigenvalue weighted by Gasteiger charge is 2.31. The van der Waals surface area contributed by atoms with Gasteiger partial charge in [0.15, 0.2) is 0 Å². The van der Waals surface area contributed by atoms with Crippen LogP contribution in [0.15, 0.2) is 52.9 Å². The monoisotopic (exact) mass is 435 g/mol. The first-order chi connectivity index (χ1) is 14.7. The van der Waals surface area contributed by atoms with Crippen LogP contribution in [-0.2, 0) is 6.54 Å². The molecule has 0 spiro atoms. The second kappa shape index (κ2) is 8.38. The number of rotatable bonds is 5. The molecule has 0 bridgehead atoms. The summed E-state index contributed by atoms with van der Waals surface area (Å²) in [4.78, 5) is 15.3. The van der Waals surface area contributed by atoms with Crippen molar-refractivity contribution in [3.63, 3.8) is 0 Å². The number of primary amides is 1. The summed E-state index contributed by atoms with van der Waals surface area (Å²) in [5, 5.41) is 0.789. The van der Waals surface area contributed by atoms with E-state index in [1.807, 2.05) is 12.1 Å². The number of amides is 1. The highest BCUT2D eigenvalue weighted by Crippen LogP contribution is 2.29. The van der Waals surface area contributed by atoms with Crippen molar-refractivity contribution in [2.24, 2.45) is 5.73 Å². The Bertz CT molecular complexity index is 1080. The Morgan fingerprint density at radius 1 is 1.06 bits per heavy atom. The number of piperazine rings is 1. The Labute approximate surface area is 175 Å². The molecule has 164 valence electrons. The fraction of sp³-hybridized carbons (Fsp3) is 0.286. The highest BCUT2D eigenvalue weighted by molar-refractivity contribution is 5.83. The fourth-order valence-corrected chi connectivity index (χ4v) is 3.62. The molecular formula is C21H20F3N3O4. The number of carbonyl (C=O) groups excluding carboxylic acids is 1. The minimum atomic E-state index is -4.70. The number of carbonyl (C=O) groups is 1. The van der Waals surface area contributed by atoms with Gasteiger partial charge in [0.2, 0.25) is 0 Å². The molecule has 31 heavy (non-hydrogen) atoms. The molecule has 4 rings (SSSR count). The van der Waals surface area contributed by atoms with Crippen molar-refractivity contribution in [3.05, 3.63) is 54.1 Å². The molecule has 0 atom stereocenters. The van der Waals surface area contributed by atoms with Crippen molar-refractivity contribution >= 4 is 22.7 Å². The molecule has 2 heterocycles. The summed E-state index contributed by atoms with van der Waals surface area (Å²) in [6.07, 6.45) is -5.64. The molecule has 3 aromatic rings. The van der Waals surface area contributed by atoms with Crippen molar-refractivity contribution in [2.45, 2.75) is 12.9 Å². The van der Waals surface area contributed by atoms with Crippen LogP contribution in [0.1, 0.15) is 5.56 Å². The number of nitrogens with zero attached hydrogens (tertiary/aromatic N) is 2. The quantitative estimate of drug-likeness (QED) is 0.650. The summed E-state index contributed by atoms with van der Waals surface area (Å²) < 4.78 is 51.4. The molecule has 1 aromatic heterocycles. The van der Waals surface area contributed by atoms with Gasteiger partial charge in [0.05, 0.1) is 0 Å². The zero-order valence-electron chi connectivity index (χ0n) is 16.4. The first-order valence-electron chi connectivity index (χ1n) is 9.58. The van der Waals surface area contributed by atoms with Crippen LogP contribution in [-0.4, -0.2) is 43.5 Å². The Balaban J connectivity index is 1.36. The normalized spacial score (nSPS) is 15.3. The van der Waals surface area contributed by atoms with Crippen molar-refractivity contribution in [1.29, 1.82) is 0 Å². The zero-order chi connectivity index (χ0) is 22.0. The number of hydrogen-bond acceptors (Lipinski definition) is 6. The molecule has 0 unspecified atom stereocenters. The number of ether oxygens (including phenoxy) is 2. The number of anilines is 1. The van der Waals surface area contributed by atoms with Gasteiger partial charge < -0.3 is 24.5 Å². The van der Waals surface area contributed by atoms with Gasteiger partial charge in [-0.25, -0.2) is 4.79 Å². The maximum atomic E-state index is 12.4. The van der Waals surface area contributed by atoms with E-state index in [-0.39, 0.29) is 11.7 Å². The van der Waals surface area contributed by atoms with Crippen LogP contribution in [0.2, 0.25) is 0 Å². The molecule has 1 aliphatic heterocycles. The lowest BCUT2D eigenvalue weighted by Gasteiger charge is -2.36. The minimum absolute atomic E-state index is 0.0428. The van der Waals surface area contributed by atoms with Gasteiger partial charge in [-0.2, -0.15) is 0 Å². The molecule has 2 N–H and O–H groups in total. The molecule has 2 aromatic carbocycles. The van der Waals surface area contributed by atoms with Gasteiger partial charge in [0, 0.05) is 49.9 Å². The SMILES string of the molecule is NC(=O)Oc1cc2cc(N3CCN(Cc4cccc(OC(F)(F)F)c4)CC3)ccc2o1. The molecule has 0 aliphatic carbocycles. The minimum Gasteiger partial charge on any atom is -0.425 e. The van der Waals surface area contributed by atoms with E-state index in [2.05, 4.69) is 14.5 Å². The van der Waals surface area contributed by atoms with Crippen molar-refractivity contribution < 1.29 is 31.9 Å². The largest absolute Gasteiger partial charge is 0.573 e. The van der Waals surface area contributed by atoms with Gasteiger partial charge >= 0.3 is 12.5 Å². The van der Waals surface area contributed by atoms with Crippen LogP contribution in [0.25, 0.3) is 11.0 Å². The van der Waals surface area contributed by atoms with E-state index in [4.69, 9.17) is 14.9 Å². The highest BCUT2D eigenvalue weighted by atomic mass is 19.4. The summed E-state index contributed by atoms with van der Waals surface area (Å²) in [5.41, 5.74) is 7.35.